The summed E-state index contributed by atoms with van der Waals surface area (Å²) in [5.41, 5.74) is 1.87. The number of aromatic nitrogens is 2. The van der Waals surface area contributed by atoms with E-state index >= 15 is 0 Å². The van der Waals surface area contributed by atoms with Crippen molar-refractivity contribution in [3.05, 3.63) is 54.2 Å². The Morgan fingerprint density at radius 2 is 1.89 bits per heavy atom. The number of aryl methyl sites for hydroxylation is 1. The summed E-state index contributed by atoms with van der Waals surface area (Å²) in [7, 11) is -2.07. The number of fused-ring (bicyclic) bond motifs is 1. The Balaban J connectivity index is 1.39. The van der Waals surface area contributed by atoms with Gasteiger partial charge in [0.05, 0.1) is 23.7 Å². The number of anilines is 1. The molecular weight excluding hydrogens is 470 g/mol. The average Bonchev–Trinajstić information content (AvgIpc) is 3.42. The lowest BCUT2D eigenvalue weighted by Gasteiger charge is -2.11. The van der Waals surface area contributed by atoms with E-state index in [9.17, 15) is 13.2 Å². The zero-order valence-electron chi connectivity index (χ0n) is 19.2. The number of sulfonamides is 1. The van der Waals surface area contributed by atoms with Crippen molar-refractivity contribution < 1.29 is 22.7 Å². The van der Waals surface area contributed by atoms with Gasteiger partial charge in [0, 0.05) is 43.9 Å². The number of hydrogen-bond donors (Lipinski definition) is 2. The molecule has 0 bridgehead atoms. The van der Waals surface area contributed by atoms with Crippen molar-refractivity contribution in [1.82, 2.24) is 14.5 Å². The molecule has 35 heavy (non-hydrogen) atoms. The van der Waals surface area contributed by atoms with Crippen molar-refractivity contribution in [1.29, 1.82) is 0 Å². The van der Waals surface area contributed by atoms with Crippen molar-refractivity contribution in [3.63, 3.8) is 0 Å². The largest absolute Gasteiger partial charge is 0.490 e. The van der Waals surface area contributed by atoms with Crippen LogP contribution in [-0.2, 0) is 17.1 Å². The molecule has 0 saturated heterocycles. The number of nitrogens with one attached hydrogen (secondary N) is 2. The summed E-state index contributed by atoms with van der Waals surface area (Å²) in [5, 5.41) is 7.26. The van der Waals surface area contributed by atoms with Crippen LogP contribution in [-0.4, -0.2) is 49.7 Å². The summed E-state index contributed by atoms with van der Waals surface area (Å²) < 4.78 is 41.0. The average molecular weight is 496 g/mol. The van der Waals surface area contributed by atoms with Crippen LogP contribution in [0.5, 0.6) is 11.5 Å². The lowest BCUT2D eigenvalue weighted by molar-refractivity contribution is 0.102. The van der Waals surface area contributed by atoms with Gasteiger partial charge in [0.15, 0.2) is 11.5 Å². The third-order valence-electron chi connectivity index (χ3n) is 5.62. The van der Waals surface area contributed by atoms with Crippen LogP contribution in [0.2, 0.25) is 0 Å². The summed E-state index contributed by atoms with van der Waals surface area (Å²) in [5.74, 6) is 1.30. The monoisotopic (exact) mass is 495 g/mol. The zero-order chi connectivity index (χ0) is 24.4. The van der Waals surface area contributed by atoms with Gasteiger partial charge in [-0.3, -0.25) is 19.2 Å². The van der Waals surface area contributed by atoms with E-state index in [0.29, 0.717) is 66.0 Å². The van der Waals surface area contributed by atoms with Crippen LogP contribution in [0.25, 0.3) is 11.3 Å². The molecule has 2 aliphatic heterocycles. The maximum Gasteiger partial charge on any atom is 0.262 e. The van der Waals surface area contributed by atoms with Gasteiger partial charge in [-0.2, -0.15) is 5.10 Å². The van der Waals surface area contributed by atoms with Crippen LogP contribution in [0, 0.1) is 0 Å². The predicted molar refractivity (Wildman–Crippen MR) is 131 cm³/mol. The lowest BCUT2D eigenvalue weighted by atomic mass is 10.1. The van der Waals surface area contributed by atoms with Crippen LogP contribution in [0.3, 0.4) is 0 Å². The molecule has 0 fully saturated rings. The second-order valence-corrected chi connectivity index (χ2v) is 9.98. The number of amides is 1. The minimum atomic E-state index is -3.80. The van der Waals surface area contributed by atoms with E-state index in [1.54, 1.807) is 30.1 Å². The molecule has 0 aliphatic carbocycles. The molecule has 2 N–H and O–H groups in total. The fourth-order valence-electron chi connectivity index (χ4n) is 3.95. The van der Waals surface area contributed by atoms with Crippen molar-refractivity contribution in [2.75, 3.05) is 25.1 Å². The van der Waals surface area contributed by atoms with Gasteiger partial charge in [0.2, 0.25) is 0 Å². The number of carbonyl (C=O) groups is 1. The van der Waals surface area contributed by atoms with Gasteiger partial charge in [-0.05, 0) is 42.8 Å². The van der Waals surface area contributed by atoms with E-state index in [2.05, 4.69) is 20.1 Å². The first-order chi connectivity index (χ1) is 16.9. The SMILES string of the molecule is Cn1cc(C(=O)Nc2cccc(S(=O)(=O)NC3=NCCC3)c2)c(-c2ccc3c(c2)OCCCO3)n1. The molecule has 0 radical (unpaired) electrons. The van der Waals surface area contributed by atoms with Gasteiger partial charge in [-0.1, -0.05) is 6.07 Å². The number of nitrogens with zero attached hydrogens (tertiary/aromatic N) is 3. The van der Waals surface area contributed by atoms with E-state index in [-0.39, 0.29) is 4.90 Å². The molecule has 1 aromatic heterocycles. The highest BCUT2D eigenvalue weighted by Gasteiger charge is 2.22. The molecule has 0 saturated carbocycles. The third-order valence-corrected chi connectivity index (χ3v) is 7.00. The van der Waals surface area contributed by atoms with Gasteiger partial charge < -0.3 is 14.8 Å². The van der Waals surface area contributed by atoms with E-state index in [1.807, 2.05) is 18.2 Å². The van der Waals surface area contributed by atoms with Gasteiger partial charge >= 0.3 is 0 Å². The highest BCUT2D eigenvalue weighted by Crippen LogP contribution is 2.35. The van der Waals surface area contributed by atoms with E-state index in [4.69, 9.17) is 9.47 Å². The molecule has 0 unspecified atom stereocenters. The first kappa shape index (κ1) is 22.9. The summed E-state index contributed by atoms with van der Waals surface area (Å²) in [6.07, 6.45) is 3.83. The molecule has 182 valence electrons. The maximum atomic E-state index is 13.2. The first-order valence-corrected chi connectivity index (χ1v) is 12.8. The Hall–Kier alpha value is -3.86. The lowest BCUT2D eigenvalue weighted by Crippen LogP contribution is -2.29. The summed E-state index contributed by atoms with van der Waals surface area (Å²) >= 11 is 0. The Bertz CT molecular complexity index is 1410. The van der Waals surface area contributed by atoms with Crippen LogP contribution in [0.1, 0.15) is 29.6 Å². The van der Waals surface area contributed by atoms with Gasteiger partial charge in [0.25, 0.3) is 15.9 Å². The maximum absolute atomic E-state index is 13.2. The molecule has 11 heteroatoms. The molecule has 1 amide bonds. The highest BCUT2D eigenvalue weighted by atomic mass is 32.2. The quantitative estimate of drug-likeness (QED) is 0.561. The van der Waals surface area contributed by atoms with Crippen LogP contribution in [0.4, 0.5) is 5.69 Å². The Morgan fingerprint density at radius 1 is 1.06 bits per heavy atom. The number of amidine groups is 1. The Kier molecular flexibility index (Phi) is 6.16. The summed E-state index contributed by atoms with van der Waals surface area (Å²) in [6.45, 7) is 1.75. The third kappa shape index (κ3) is 4.99. The molecular formula is C24H25N5O5S. The standard InChI is InChI=1S/C24H25N5O5S/c1-29-15-19(23(27-29)16-8-9-20-21(13-16)34-12-4-11-33-20)24(30)26-17-5-2-6-18(14-17)35(31,32)28-22-7-3-10-25-22/h2,5-6,8-9,13-15H,3-4,7,10-12H2,1H3,(H,25,28)(H,26,30). The first-order valence-electron chi connectivity index (χ1n) is 11.3. The van der Waals surface area contributed by atoms with Crippen molar-refractivity contribution in [2.24, 2.45) is 12.0 Å². The summed E-state index contributed by atoms with van der Waals surface area (Å²) in [4.78, 5) is 17.4. The van der Waals surface area contributed by atoms with Crippen molar-refractivity contribution in [3.8, 4) is 22.8 Å². The zero-order valence-corrected chi connectivity index (χ0v) is 20.0. The molecule has 3 aromatic rings. The van der Waals surface area contributed by atoms with E-state index in [0.717, 1.165) is 12.8 Å². The Labute approximate surface area is 203 Å². The molecule has 2 aromatic carbocycles. The number of carbonyl (C=O) groups excluding carboxylic acids is 1. The predicted octanol–water partition coefficient (Wildman–Crippen LogP) is 2.97. The molecule has 2 aliphatic rings. The van der Waals surface area contributed by atoms with E-state index < -0.39 is 15.9 Å². The second kappa shape index (κ2) is 9.41. The topological polar surface area (TPSA) is 124 Å². The fourth-order valence-corrected chi connectivity index (χ4v) is 5.09. The second-order valence-electron chi connectivity index (χ2n) is 8.30. The van der Waals surface area contributed by atoms with Crippen LogP contribution in [0.15, 0.2) is 58.5 Å². The Morgan fingerprint density at radius 3 is 2.69 bits per heavy atom. The molecule has 10 nitrogen and oxygen atoms in total. The molecule has 3 heterocycles. The highest BCUT2D eigenvalue weighted by molar-refractivity contribution is 7.90. The number of hydrogen-bond acceptors (Lipinski definition) is 7. The fraction of sp³-hybridized carbons (Fsp3) is 0.292. The van der Waals surface area contributed by atoms with Crippen LogP contribution < -0.4 is 19.5 Å². The minimum Gasteiger partial charge on any atom is -0.490 e. The number of aliphatic imine (C=N–C) groups is 1. The number of rotatable bonds is 5. The smallest absolute Gasteiger partial charge is 0.262 e. The van der Waals surface area contributed by atoms with Gasteiger partial charge in [-0.15, -0.1) is 0 Å². The van der Waals surface area contributed by atoms with Crippen molar-refractivity contribution >= 4 is 27.5 Å². The van der Waals surface area contributed by atoms with Crippen molar-refractivity contribution in [2.45, 2.75) is 24.2 Å². The minimum absolute atomic E-state index is 0.0409. The normalized spacial score (nSPS) is 15.3. The molecule has 0 atom stereocenters. The van der Waals surface area contributed by atoms with E-state index in [1.165, 1.54) is 12.1 Å². The number of ether oxygens (including phenoxy) is 2. The summed E-state index contributed by atoms with van der Waals surface area (Å²) in [6, 6.07) is 11.5. The number of benzene rings is 2. The van der Waals surface area contributed by atoms with Gasteiger partial charge in [0.1, 0.15) is 11.5 Å². The van der Waals surface area contributed by atoms with Gasteiger partial charge in [-0.25, -0.2) is 8.42 Å². The van der Waals surface area contributed by atoms with Crippen LogP contribution >= 0.6 is 0 Å². The molecule has 0 spiro atoms. The molecule has 5 rings (SSSR count).